The lowest BCUT2D eigenvalue weighted by atomic mass is 10.1. The normalized spacial score (nSPS) is 17.1. The van der Waals surface area contributed by atoms with Crippen molar-refractivity contribution in [2.45, 2.75) is 45.3 Å². The zero-order valence-electron chi connectivity index (χ0n) is 12.2. The number of rotatable bonds is 2. The van der Waals surface area contributed by atoms with Crippen molar-refractivity contribution >= 4 is 27.8 Å². The van der Waals surface area contributed by atoms with Gasteiger partial charge in [-0.05, 0) is 55.6 Å². The number of ether oxygens (including phenoxy) is 1. The van der Waals surface area contributed by atoms with Gasteiger partial charge in [-0.25, -0.2) is 4.79 Å². The summed E-state index contributed by atoms with van der Waals surface area (Å²) in [6.45, 7) is 7.47. The zero-order chi connectivity index (χ0) is 14.8. The van der Waals surface area contributed by atoms with Gasteiger partial charge in [0.1, 0.15) is 11.4 Å². The first kappa shape index (κ1) is 15.2. The van der Waals surface area contributed by atoms with Crippen LogP contribution in [0.5, 0.6) is 0 Å². The van der Waals surface area contributed by atoms with Crippen LogP contribution in [0.4, 0.5) is 10.6 Å². The molecule has 1 aromatic heterocycles. The predicted octanol–water partition coefficient (Wildman–Crippen LogP) is 3.27. The van der Waals surface area contributed by atoms with E-state index in [2.05, 4.69) is 37.2 Å². The Kier molecular flexibility index (Phi) is 4.62. The van der Waals surface area contributed by atoms with Gasteiger partial charge in [0, 0.05) is 29.8 Å². The molecular weight excluding hydrogens is 322 g/mol. The summed E-state index contributed by atoms with van der Waals surface area (Å²) in [6.07, 6.45) is 3.46. The molecule has 6 heteroatoms. The Bertz CT molecular complexity index is 459. The number of H-pyrrole nitrogens is 1. The summed E-state index contributed by atoms with van der Waals surface area (Å²) in [5, 5.41) is 2.95. The molecule has 1 saturated heterocycles. The van der Waals surface area contributed by atoms with Crippen LogP contribution in [-0.2, 0) is 4.74 Å². The molecule has 0 aromatic carbocycles. The Morgan fingerprint density at radius 1 is 1.45 bits per heavy atom. The SMILES string of the molecule is CC(C)(C)OC(=O)NC1CCN(c2cc(Br)c[nH]2)CC1. The Morgan fingerprint density at radius 3 is 2.60 bits per heavy atom. The minimum absolute atomic E-state index is 0.194. The third-order valence-corrected chi connectivity index (χ3v) is 3.65. The third kappa shape index (κ3) is 4.44. The summed E-state index contributed by atoms with van der Waals surface area (Å²) in [5.74, 6) is 1.12. The Balaban J connectivity index is 1.78. The molecule has 1 amide bonds. The molecule has 0 radical (unpaired) electrons. The maximum Gasteiger partial charge on any atom is 0.407 e. The number of carbonyl (C=O) groups excluding carboxylic acids is 1. The highest BCUT2D eigenvalue weighted by Crippen LogP contribution is 2.22. The second-order valence-corrected chi connectivity index (χ2v) is 7.03. The first-order valence-corrected chi connectivity index (χ1v) is 7.71. The summed E-state index contributed by atoms with van der Waals surface area (Å²) in [4.78, 5) is 17.2. The topological polar surface area (TPSA) is 57.4 Å². The number of alkyl carbamates (subject to hydrolysis) is 1. The van der Waals surface area contributed by atoms with E-state index >= 15 is 0 Å². The van der Waals surface area contributed by atoms with Crippen molar-refractivity contribution in [1.82, 2.24) is 10.3 Å². The number of nitrogens with one attached hydrogen (secondary N) is 2. The van der Waals surface area contributed by atoms with E-state index in [4.69, 9.17) is 4.74 Å². The molecule has 5 nitrogen and oxygen atoms in total. The number of halogens is 1. The van der Waals surface area contributed by atoms with E-state index in [-0.39, 0.29) is 12.1 Å². The first-order chi connectivity index (χ1) is 9.33. The van der Waals surface area contributed by atoms with Gasteiger partial charge in [-0.15, -0.1) is 0 Å². The molecule has 0 spiro atoms. The van der Waals surface area contributed by atoms with Crippen LogP contribution in [0, 0.1) is 0 Å². The average molecular weight is 344 g/mol. The summed E-state index contributed by atoms with van der Waals surface area (Å²) in [6, 6.07) is 2.27. The highest BCUT2D eigenvalue weighted by molar-refractivity contribution is 9.10. The highest BCUT2D eigenvalue weighted by Gasteiger charge is 2.24. The number of piperidine rings is 1. The van der Waals surface area contributed by atoms with Crippen molar-refractivity contribution in [2.75, 3.05) is 18.0 Å². The van der Waals surface area contributed by atoms with Crippen LogP contribution >= 0.6 is 15.9 Å². The third-order valence-electron chi connectivity index (χ3n) is 3.19. The highest BCUT2D eigenvalue weighted by atomic mass is 79.9. The molecule has 2 N–H and O–H groups in total. The van der Waals surface area contributed by atoms with Crippen molar-refractivity contribution in [3.63, 3.8) is 0 Å². The Hall–Kier alpha value is -1.17. The predicted molar refractivity (Wildman–Crippen MR) is 83.1 cm³/mol. The quantitative estimate of drug-likeness (QED) is 0.866. The largest absolute Gasteiger partial charge is 0.444 e. The first-order valence-electron chi connectivity index (χ1n) is 6.92. The van der Waals surface area contributed by atoms with Crippen LogP contribution in [0.3, 0.4) is 0 Å². The van der Waals surface area contributed by atoms with Gasteiger partial charge in [0.2, 0.25) is 0 Å². The Labute approximate surface area is 128 Å². The Morgan fingerprint density at radius 2 is 2.10 bits per heavy atom. The van der Waals surface area contributed by atoms with Gasteiger partial charge in [0.15, 0.2) is 0 Å². The maximum atomic E-state index is 11.7. The van der Waals surface area contributed by atoms with Crippen LogP contribution in [-0.4, -0.2) is 35.8 Å². The summed E-state index contributed by atoms with van der Waals surface area (Å²) >= 11 is 3.44. The molecule has 20 heavy (non-hydrogen) atoms. The molecule has 112 valence electrons. The number of nitrogens with zero attached hydrogens (tertiary/aromatic N) is 1. The van der Waals surface area contributed by atoms with Crippen molar-refractivity contribution in [2.24, 2.45) is 0 Å². The number of hydrogen-bond acceptors (Lipinski definition) is 3. The van der Waals surface area contributed by atoms with E-state index < -0.39 is 5.60 Å². The van der Waals surface area contributed by atoms with Crippen LogP contribution < -0.4 is 10.2 Å². The van der Waals surface area contributed by atoms with Gasteiger partial charge in [-0.1, -0.05) is 0 Å². The minimum Gasteiger partial charge on any atom is -0.444 e. The lowest BCUT2D eigenvalue weighted by molar-refractivity contribution is 0.0497. The minimum atomic E-state index is -0.443. The van der Waals surface area contributed by atoms with Gasteiger partial charge >= 0.3 is 6.09 Å². The fourth-order valence-corrected chi connectivity index (χ4v) is 2.61. The van der Waals surface area contributed by atoms with E-state index in [9.17, 15) is 4.79 Å². The van der Waals surface area contributed by atoms with Gasteiger partial charge in [-0.3, -0.25) is 0 Å². The number of aromatic amines is 1. The molecule has 1 aliphatic heterocycles. The van der Waals surface area contributed by atoms with Gasteiger partial charge in [0.05, 0.1) is 0 Å². The van der Waals surface area contributed by atoms with E-state index in [0.717, 1.165) is 36.2 Å². The number of hydrogen-bond donors (Lipinski definition) is 2. The fraction of sp³-hybridized carbons (Fsp3) is 0.643. The molecule has 1 aromatic rings. The number of aromatic nitrogens is 1. The second kappa shape index (κ2) is 6.08. The molecule has 2 rings (SSSR count). The van der Waals surface area contributed by atoms with Crippen LogP contribution in [0.25, 0.3) is 0 Å². The zero-order valence-corrected chi connectivity index (χ0v) is 13.8. The molecule has 2 heterocycles. The molecular formula is C14H22BrN3O2. The molecule has 0 bridgehead atoms. The fourth-order valence-electron chi connectivity index (χ4n) is 2.28. The molecule has 0 saturated carbocycles. The summed E-state index contributed by atoms with van der Waals surface area (Å²) in [5.41, 5.74) is -0.443. The monoisotopic (exact) mass is 343 g/mol. The lowest BCUT2D eigenvalue weighted by Gasteiger charge is -2.33. The lowest BCUT2D eigenvalue weighted by Crippen LogP contribution is -2.46. The smallest absolute Gasteiger partial charge is 0.407 e. The number of amides is 1. The van der Waals surface area contributed by atoms with Crippen molar-refractivity contribution in [3.8, 4) is 0 Å². The van der Waals surface area contributed by atoms with E-state index in [1.54, 1.807) is 0 Å². The van der Waals surface area contributed by atoms with Crippen LogP contribution in [0.15, 0.2) is 16.7 Å². The summed E-state index contributed by atoms with van der Waals surface area (Å²) < 4.78 is 6.34. The van der Waals surface area contributed by atoms with Crippen LogP contribution in [0.2, 0.25) is 0 Å². The van der Waals surface area contributed by atoms with Gasteiger partial charge in [-0.2, -0.15) is 0 Å². The van der Waals surface area contributed by atoms with E-state index in [1.165, 1.54) is 0 Å². The van der Waals surface area contributed by atoms with E-state index in [0.29, 0.717) is 0 Å². The second-order valence-electron chi connectivity index (χ2n) is 6.11. The molecule has 0 atom stereocenters. The molecule has 0 unspecified atom stereocenters. The molecule has 0 aliphatic carbocycles. The standard InChI is InChI=1S/C14H22BrN3O2/c1-14(2,3)20-13(19)17-11-4-6-18(7-5-11)12-8-10(15)9-16-12/h8-9,11,16H,4-7H2,1-3H3,(H,17,19). The maximum absolute atomic E-state index is 11.7. The average Bonchev–Trinajstić information content (AvgIpc) is 2.74. The van der Waals surface area contributed by atoms with Crippen molar-refractivity contribution in [3.05, 3.63) is 16.7 Å². The summed E-state index contributed by atoms with van der Waals surface area (Å²) in [7, 11) is 0. The van der Waals surface area contributed by atoms with Crippen LogP contribution in [0.1, 0.15) is 33.6 Å². The number of carbonyl (C=O) groups is 1. The van der Waals surface area contributed by atoms with Crippen molar-refractivity contribution < 1.29 is 9.53 Å². The van der Waals surface area contributed by atoms with Gasteiger partial charge in [0.25, 0.3) is 0 Å². The molecule has 1 aliphatic rings. The van der Waals surface area contributed by atoms with Gasteiger partial charge < -0.3 is 19.9 Å². The number of anilines is 1. The van der Waals surface area contributed by atoms with E-state index in [1.807, 2.05) is 27.0 Å². The molecule has 1 fully saturated rings. The van der Waals surface area contributed by atoms with Crippen molar-refractivity contribution in [1.29, 1.82) is 0 Å².